The SMILES string of the molecule is Cn1cc(S(=O)(=O)N2CCCC2CCc2ccccc2)cc1C(=O)O. The van der Waals surface area contributed by atoms with E-state index in [2.05, 4.69) is 0 Å². The third-order valence-electron chi connectivity index (χ3n) is 4.74. The number of benzene rings is 1. The summed E-state index contributed by atoms with van der Waals surface area (Å²) < 4.78 is 28.8. The molecule has 0 amide bonds. The van der Waals surface area contributed by atoms with Gasteiger partial charge in [-0.1, -0.05) is 30.3 Å². The second kappa shape index (κ2) is 7.01. The minimum atomic E-state index is -3.68. The third-order valence-corrected chi connectivity index (χ3v) is 6.65. The van der Waals surface area contributed by atoms with E-state index in [1.807, 2.05) is 30.3 Å². The highest BCUT2D eigenvalue weighted by molar-refractivity contribution is 7.89. The fourth-order valence-corrected chi connectivity index (χ4v) is 5.21. The van der Waals surface area contributed by atoms with Gasteiger partial charge in [0.05, 0.1) is 0 Å². The topological polar surface area (TPSA) is 79.6 Å². The summed E-state index contributed by atoms with van der Waals surface area (Å²) in [4.78, 5) is 11.2. The number of aromatic carboxylic acids is 1. The molecule has 1 aromatic carbocycles. The van der Waals surface area contributed by atoms with Crippen LogP contribution in [0, 0.1) is 0 Å². The molecule has 0 aliphatic carbocycles. The van der Waals surface area contributed by atoms with Crippen LogP contribution in [0.1, 0.15) is 35.3 Å². The van der Waals surface area contributed by atoms with Crippen molar-refractivity contribution < 1.29 is 18.3 Å². The molecule has 1 unspecified atom stereocenters. The highest BCUT2D eigenvalue weighted by Crippen LogP contribution is 2.29. The van der Waals surface area contributed by atoms with E-state index in [9.17, 15) is 13.2 Å². The molecule has 1 aliphatic heterocycles. The lowest BCUT2D eigenvalue weighted by molar-refractivity contribution is 0.0686. The van der Waals surface area contributed by atoms with Crippen LogP contribution in [0.3, 0.4) is 0 Å². The van der Waals surface area contributed by atoms with Crippen molar-refractivity contribution in [3.63, 3.8) is 0 Å². The van der Waals surface area contributed by atoms with Crippen molar-refractivity contribution in [2.75, 3.05) is 6.54 Å². The predicted octanol–water partition coefficient (Wildman–Crippen LogP) is 2.51. The van der Waals surface area contributed by atoms with Crippen LogP contribution in [0.5, 0.6) is 0 Å². The van der Waals surface area contributed by atoms with E-state index >= 15 is 0 Å². The Bertz CT molecular complexity index is 858. The first-order valence-corrected chi connectivity index (χ1v) is 9.79. The molecule has 7 heteroatoms. The quantitative estimate of drug-likeness (QED) is 0.856. The maximum atomic E-state index is 13.0. The molecule has 2 aromatic rings. The second-order valence-electron chi connectivity index (χ2n) is 6.41. The zero-order valence-electron chi connectivity index (χ0n) is 14.1. The lowest BCUT2D eigenvalue weighted by atomic mass is 10.0. The molecule has 2 heterocycles. The van der Waals surface area contributed by atoms with E-state index in [4.69, 9.17) is 5.11 Å². The van der Waals surface area contributed by atoms with Gasteiger partial charge < -0.3 is 9.67 Å². The number of nitrogens with zero attached hydrogens (tertiary/aromatic N) is 2. The van der Waals surface area contributed by atoms with E-state index < -0.39 is 16.0 Å². The van der Waals surface area contributed by atoms with Crippen LogP contribution >= 0.6 is 0 Å². The molecule has 134 valence electrons. The minimum Gasteiger partial charge on any atom is -0.477 e. The summed E-state index contributed by atoms with van der Waals surface area (Å²) in [6.07, 6.45) is 4.64. The molecule has 0 saturated carbocycles. The number of rotatable bonds is 6. The zero-order chi connectivity index (χ0) is 18.0. The number of sulfonamides is 1. The Morgan fingerprint density at radius 3 is 2.64 bits per heavy atom. The first-order valence-electron chi connectivity index (χ1n) is 8.35. The highest BCUT2D eigenvalue weighted by Gasteiger charge is 2.36. The standard InChI is InChI=1S/C18H22N2O4S/c1-19-13-16(12-17(19)18(21)22)25(23,24)20-11-5-8-15(20)10-9-14-6-3-2-4-7-14/h2-4,6-7,12-13,15H,5,8-11H2,1H3,(H,21,22). The number of aryl methyl sites for hydroxylation is 2. The fraction of sp³-hybridized carbons (Fsp3) is 0.389. The van der Waals surface area contributed by atoms with Gasteiger partial charge in [-0.05, 0) is 37.3 Å². The minimum absolute atomic E-state index is 0.0291. The summed E-state index contributed by atoms with van der Waals surface area (Å²) in [6, 6.07) is 11.2. The smallest absolute Gasteiger partial charge is 0.352 e. The van der Waals surface area contributed by atoms with Gasteiger partial charge in [-0.3, -0.25) is 0 Å². The maximum Gasteiger partial charge on any atom is 0.352 e. The molecule has 1 aliphatic rings. The molecule has 3 rings (SSSR count). The summed E-state index contributed by atoms with van der Waals surface area (Å²) in [5, 5.41) is 9.14. The number of aromatic nitrogens is 1. The Balaban J connectivity index is 1.78. The van der Waals surface area contributed by atoms with Crippen LogP contribution in [0.25, 0.3) is 0 Å². The summed E-state index contributed by atoms with van der Waals surface area (Å²) in [7, 11) is -2.14. The summed E-state index contributed by atoms with van der Waals surface area (Å²) >= 11 is 0. The van der Waals surface area contributed by atoms with Crippen molar-refractivity contribution in [2.24, 2.45) is 7.05 Å². The molecule has 1 atom stereocenters. The Hall–Kier alpha value is -2.12. The number of carboxylic acids is 1. The monoisotopic (exact) mass is 362 g/mol. The van der Waals surface area contributed by atoms with Crippen molar-refractivity contribution in [3.8, 4) is 0 Å². The summed E-state index contributed by atoms with van der Waals surface area (Å²) in [6.45, 7) is 0.485. The molecular weight excluding hydrogens is 340 g/mol. The van der Waals surface area contributed by atoms with Crippen molar-refractivity contribution in [3.05, 3.63) is 53.9 Å². The molecule has 25 heavy (non-hydrogen) atoms. The predicted molar refractivity (Wildman–Crippen MR) is 94.0 cm³/mol. The number of hydrogen-bond acceptors (Lipinski definition) is 3. The normalized spacial score (nSPS) is 18.5. The van der Waals surface area contributed by atoms with E-state index in [-0.39, 0.29) is 16.6 Å². The largest absolute Gasteiger partial charge is 0.477 e. The lowest BCUT2D eigenvalue weighted by Crippen LogP contribution is -2.35. The van der Waals surface area contributed by atoms with E-state index in [1.165, 1.54) is 26.7 Å². The average Bonchev–Trinajstić information content (AvgIpc) is 3.21. The van der Waals surface area contributed by atoms with Crippen LogP contribution in [-0.4, -0.2) is 41.0 Å². The molecule has 1 aromatic heterocycles. The van der Waals surface area contributed by atoms with Gasteiger partial charge in [-0.25, -0.2) is 13.2 Å². The Morgan fingerprint density at radius 2 is 2.00 bits per heavy atom. The Morgan fingerprint density at radius 1 is 1.28 bits per heavy atom. The molecule has 0 radical (unpaired) electrons. The van der Waals surface area contributed by atoms with Gasteiger partial charge in [-0.2, -0.15) is 4.31 Å². The molecule has 1 saturated heterocycles. The number of carboxylic acid groups (broad SMARTS) is 1. The molecular formula is C18H22N2O4S. The molecule has 1 N–H and O–H groups in total. The van der Waals surface area contributed by atoms with Crippen LogP contribution in [0.4, 0.5) is 0 Å². The van der Waals surface area contributed by atoms with Crippen molar-refractivity contribution in [2.45, 2.75) is 36.6 Å². The van der Waals surface area contributed by atoms with Gasteiger partial charge in [-0.15, -0.1) is 0 Å². The van der Waals surface area contributed by atoms with Gasteiger partial charge in [0.15, 0.2) is 0 Å². The molecule has 6 nitrogen and oxygen atoms in total. The van der Waals surface area contributed by atoms with Gasteiger partial charge in [0, 0.05) is 25.8 Å². The highest BCUT2D eigenvalue weighted by atomic mass is 32.2. The first kappa shape index (κ1) is 17.7. The van der Waals surface area contributed by atoms with E-state index in [0.29, 0.717) is 6.54 Å². The van der Waals surface area contributed by atoms with Crippen molar-refractivity contribution in [1.29, 1.82) is 0 Å². The number of carbonyl (C=O) groups is 1. The molecule has 0 spiro atoms. The fourth-order valence-electron chi connectivity index (χ4n) is 3.42. The van der Waals surface area contributed by atoms with Crippen molar-refractivity contribution in [1.82, 2.24) is 8.87 Å². The van der Waals surface area contributed by atoms with Gasteiger partial charge in [0.1, 0.15) is 10.6 Å². The third kappa shape index (κ3) is 3.62. The van der Waals surface area contributed by atoms with Gasteiger partial charge in [0.2, 0.25) is 10.0 Å². The lowest BCUT2D eigenvalue weighted by Gasteiger charge is -2.23. The van der Waals surface area contributed by atoms with Crippen LogP contribution in [0.2, 0.25) is 0 Å². The zero-order valence-corrected chi connectivity index (χ0v) is 14.9. The van der Waals surface area contributed by atoms with Crippen LogP contribution in [0.15, 0.2) is 47.5 Å². The Labute approximate surface area is 147 Å². The number of hydrogen-bond donors (Lipinski definition) is 1. The van der Waals surface area contributed by atoms with Gasteiger partial charge >= 0.3 is 5.97 Å². The van der Waals surface area contributed by atoms with Crippen molar-refractivity contribution >= 4 is 16.0 Å². The first-order chi connectivity index (χ1) is 11.9. The molecule has 0 bridgehead atoms. The Kier molecular flexibility index (Phi) is 4.96. The molecule has 1 fully saturated rings. The summed E-state index contributed by atoms with van der Waals surface area (Å²) in [5.41, 5.74) is 1.17. The van der Waals surface area contributed by atoms with E-state index in [1.54, 1.807) is 7.05 Å². The second-order valence-corrected chi connectivity index (χ2v) is 8.30. The van der Waals surface area contributed by atoms with Gasteiger partial charge in [0.25, 0.3) is 0 Å². The average molecular weight is 362 g/mol. The summed E-state index contributed by atoms with van der Waals surface area (Å²) in [5.74, 6) is -1.13. The maximum absolute atomic E-state index is 13.0. The van der Waals surface area contributed by atoms with E-state index in [0.717, 1.165) is 25.7 Å². The van der Waals surface area contributed by atoms with Crippen LogP contribution in [-0.2, 0) is 23.5 Å². The van der Waals surface area contributed by atoms with Crippen LogP contribution < -0.4 is 0 Å².